The van der Waals surface area contributed by atoms with Crippen molar-refractivity contribution in [3.63, 3.8) is 0 Å². The van der Waals surface area contributed by atoms with Crippen molar-refractivity contribution in [1.29, 1.82) is 0 Å². The molecule has 0 spiro atoms. The van der Waals surface area contributed by atoms with Gasteiger partial charge in [0.2, 0.25) is 5.91 Å². The van der Waals surface area contributed by atoms with E-state index in [0.29, 0.717) is 17.8 Å². The van der Waals surface area contributed by atoms with Crippen LogP contribution in [0.2, 0.25) is 0 Å². The zero-order valence-corrected chi connectivity index (χ0v) is 18.3. The zero-order chi connectivity index (χ0) is 20.8. The summed E-state index contributed by atoms with van der Waals surface area (Å²) in [5, 5.41) is 0. The molecule has 152 valence electrons. The van der Waals surface area contributed by atoms with E-state index in [9.17, 15) is 4.79 Å². The molecule has 5 heteroatoms. The summed E-state index contributed by atoms with van der Waals surface area (Å²) in [5.74, 6) is 0.544. The van der Waals surface area contributed by atoms with Crippen LogP contribution < -0.4 is 5.73 Å². The van der Waals surface area contributed by atoms with Crippen LogP contribution in [0.1, 0.15) is 38.7 Å². The molecule has 0 aliphatic carbocycles. The molecule has 1 aliphatic heterocycles. The minimum absolute atomic E-state index is 0.0661. The van der Waals surface area contributed by atoms with E-state index in [1.54, 1.807) is 11.8 Å². The highest BCUT2D eigenvalue weighted by atomic mass is 32.2. The number of thioether (sulfide) groups is 1. The Labute approximate surface area is 177 Å². The third-order valence-electron chi connectivity index (χ3n) is 4.97. The third kappa shape index (κ3) is 5.10. The van der Waals surface area contributed by atoms with E-state index in [2.05, 4.69) is 61.5 Å². The lowest BCUT2D eigenvalue weighted by Gasteiger charge is -2.22. The Morgan fingerprint density at radius 1 is 1.07 bits per heavy atom. The lowest BCUT2D eigenvalue weighted by atomic mass is 10.0. The Balaban J connectivity index is 1.94. The SMILES string of the molecule is CCCN(CCC)C(=O)C1=Cc2ccc(-c3ccc(SC)cc3)cc2N=C(N)C1. The third-order valence-corrected chi connectivity index (χ3v) is 5.71. The van der Waals surface area contributed by atoms with Crippen molar-refractivity contribution in [1.82, 2.24) is 4.90 Å². The highest BCUT2D eigenvalue weighted by Crippen LogP contribution is 2.32. The lowest BCUT2D eigenvalue weighted by Crippen LogP contribution is -2.34. The van der Waals surface area contributed by atoms with Gasteiger partial charge in [-0.3, -0.25) is 4.79 Å². The minimum atomic E-state index is 0.0661. The number of hydrogen-bond acceptors (Lipinski definition) is 4. The van der Waals surface area contributed by atoms with Gasteiger partial charge in [0.15, 0.2) is 0 Å². The van der Waals surface area contributed by atoms with Crippen LogP contribution in [0.5, 0.6) is 0 Å². The minimum Gasteiger partial charge on any atom is -0.387 e. The fraction of sp³-hybridized carbons (Fsp3) is 0.333. The Morgan fingerprint density at radius 2 is 1.72 bits per heavy atom. The molecule has 0 saturated carbocycles. The summed E-state index contributed by atoms with van der Waals surface area (Å²) in [6.07, 6.45) is 6.30. The molecule has 2 aromatic carbocycles. The van der Waals surface area contributed by atoms with Gasteiger partial charge in [0.25, 0.3) is 0 Å². The van der Waals surface area contributed by atoms with Crippen LogP contribution in [-0.4, -0.2) is 36.0 Å². The van der Waals surface area contributed by atoms with Gasteiger partial charge in [-0.05, 0) is 54.5 Å². The standard InChI is InChI=1S/C24H29N3OS/c1-4-12-27(13-5-2)24(28)20-14-19-7-6-18(15-22(19)26-23(25)16-20)17-8-10-21(29-3)11-9-17/h6-11,14-15H,4-5,12-13,16H2,1-3H3,(H2,25,26). The van der Waals surface area contributed by atoms with Crippen molar-refractivity contribution in [2.24, 2.45) is 10.7 Å². The monoisotopic (exact) mass is 407 g/mol. The average molecular weight is 408 g/mol. The van der Waals surface area contributed by atoms with E-state index < -0.39 is 0 Å². The maximum Gasteiger partial charge on any atom is 0.250 e. The van der Waals surface area contributed by atoms with Crippen molar-refractivity contribution >= 4 is 35.3 Å². The van der Waals surface area contributed by atoms with Gasteiger partial charge >= 0.3 is 0 Å². The second-order valence-electron chi connectivity index (χ2n) is 7.24. The highest BCUT2D eigenvalue weighted by molar-refractivity contribution is 7.98. The van der Waals surface area contributed by atoms with E-state index in [4.69, 9.17) is 5.73 Å². The first-order valence-corrected chi connectivity index (χ1v) is 11.4. The van der Waals surface area contributed by atoms with E-state index in [1.807, 2.05) is 17.0 Å². The number of carbonyl (C=O) groups excluding carboxylic acids is 1. The summed E-state index contributed by atoms with van der Waals surface area (Å²) < 4.78 is 0. The summed E-state index contributed by atoms with van der Waals surface area (Å²) in [5.41, 5.74) is 10.9. The number of amides is 1. The number of aliphatic imine (C=N–C) groups is 1. The van der Waals surface area contributed by atoms with Crippen LogP contribution in [0.15, 0.2) is 57.9 Å². The van der Waals surface area contributed by atoms with Crippen LogP contribution in [-0.2, 0) is 4.79 Å². The lowest BCUT2D eigenvalue weighted by molar-refractivity contribution is -0.127. The van der Waals surface area contributed by atoms with Gasteiger partial charge in [0, 0.05) is 35.5 Å². The van der Waals surface area contributed by atoms with Gasteiger partial charge in [0.1, 0.15) is 5.84 Å². The summed E-state index contributed by atoms with van der Waals surface area (Å²) in [4.78, 5) is 20.9. The molecule has 0 unspecified atom stereocenters. The number of fused-ring (bicyclic) bond motifs is 1. The van der Waals surface area contributed by atoms with Crippen molar-refractivity contribution in [2.75, 3.05) is 19.3 Å². The zero-order valence-electron chi connectivity index (χ0n) is 17.4. The molecule has 4 nitrogen and oxygen atoms in total. The quantitative estimate of drug-likeness (QED) is 0.617. The average Bonchev–Trinajstić information content (AvgIpc) is 2.90. The van der Waals surface area contributed by atoms with Crippen molar-refractivity contribution in [2.45, 2.75) is 38.0 Å². The Kier molecular flexibility index (Phi) is 7.15. The summed E-state index contributed by atoms with van der Waals surface area (Å²) in [6.45, 7) is 5.71. The smallest absolute Gasteiger partial charge is 0.250 e. The normalized spacial score (nSPS) is 13.2. The molecule has 0 atom stereocenters. The van der Waals surface area contributed by atoms with Crippen LogP contribution in [0.4, 0.5) is 5.69 Å². The molecule has 0 fully saturated rings. The van der Waals surface area contributed by atoms with Gasteiger partial charge in [-0.2, -0.15) is 0 Å². The van der Waals surface area contributed by atoms with Gasteiger partial charge in [-0.1, -0.05) is 38.1 Å². The van der Waals surface area contributed by atoms with Crippen LogP contribution in [0.25, 0.3) is 17.2 Å². The molecule has 0 radical (unpaired) electrons. The number of carbonyl (C=O) groups is 1. The fourth-order valence-electron chi connectivity index (χ4n) is 3.55. The molecular formula is C24H29N3OS. The Bertz CT molecular complexity index is 926. The summed E-state index contributed by atoms with van der Waals surface area (Å²) in [6, 6.07) is 14.7. The fourth-order valence-corrected chi connectivity index (χ4v) is 3.96. The number of rotatable bonds is 7. The Morgan fingerprint density at radius 3 is 2.34 bits per heavy atom. The van der Waals surface area contributed by atoms with Crippen molar-refractivity contribution < 1.29 is 4.79 Å². The molecule has 0 aromatic heterocycles. The van der Waals surface area contributed by atoms with E-state index in [-0.39, 0.29) is 5.91 Å². The Hall–Kier alpha value is -2.53. The molecule has 29 heavy (non-hydrogen) atoms. The predicted molar refractivity (Wildman–Crippen MR) is 125 cm³/mol. The second kappa shape index (κ2) is 9.79. The summed E-state index contributed by atoms with van der Waals surface area (Å²) >= 11 is 1.73. The van der Waals surface area contributed by atoms with Gasteiger partial charge in [-0.15, -0.1) is 11.8 Å². The van der Waals surface area contributed by atoms with Crippen molar-refractivity contribution in [3.05, 3.63) is 53.6 Å². The number of nitrogens with zero attached hydrogens (tertiary/aromatic N) is 2. The second-order valence-corrected chi connectivity index (χ2v) is 8.12. The van der Waals surface area contributed by atoms with Gasteiger partial charge in [0.05, 0.1) is 5.69 Å². The van der Waals surface area contributed by atoms with E-state index in [1.165, 1.54) is 4.90 Å². The number of nitrogens with two attached hydrogens (primary N) is 1. The topological polar surface area (TPSA) is 58.7 Å². The molecular weight excluding hydrogens is 378 g/mol. The summed E-state index contributed by atoms with van der Waals surface area (Å²) in [7, 11) is 0. The molecule has 1 aliphatic rings. The van der Waals surface area contributed by atoms with Crippen LogP contribution >= 0.6 is 11.8 Å². The maximum atomic E-state index is 13.1. The van der Waals surface area contributed by atoms with Gasteiger partial charge in [-0.25, -0.2) is 4.99 Å². The van der Waals surface area contributed by atoms with E-state index >= 15 is 0 Å². The van der Waals surface area contributed by atoms with Gasteiger partial charge < -0.3 is 10.6 Å². The van der Waals surface area contributed by atoms with E-state index in [0.717, 1.165) is 48.3 Å². The number of amidine groups is 1. The first-order valence-electron chi connectivity index (χ1n) is 10.2. The molecule has 1 heterocycles. The van der Waals surface area contributed by atoms with Crippen molar-refractivity contribution in [3.8, 4) is 11.1 Å². The molecule has 0 saturated heterocycles. The molecule has 1 amide bonds. The first-order chi connectivity index (χ1) is 14.0. The number of benzene rings is 2. The molecule has 3 rings (SSSR count). The molecule has 2 N–H and O–H groups in total. The molecule has 2 aromatic rings. The van der Waals surface area contributed by atoms with Crippen LogP contribution in [0, 0.1) is 0 Å². The largest absolute Gasteiger partial charge is 0.387 e. The number of hydrogen-bond donors (Lipinski definition) is 1. The first kappa shape index (κ1) is 21.2. The highest BCUT2D eigenvalue weighted by Gasteiger charge is 2.21. The predicted octanol–water partition coefficient (Wildman–Crippen LogP) is 5.50. The maximum absolute atomic E-state index is 13.1. The molecule has 0 bridgehead atoms. The van der Waals surface area contributed by atoms with Crippen LogP contribution in [0.3, 0.4) is 0 Å².